The molecule has 2 atom stereocenters. The molecule has 1 aromatic rings. The second-order valence-corrected chi connectivity index (χ2v) is 4.18. The summed E-state index contributed by atoms with van der Waals surface area (Å²) in [5.74, 6) is -1.29. The molecule has 104 valence electrons. The van der Waals surface area contributed by atoms with Crippen molar-refractivity contribution in [2.75, 3.05) is 6.54 Å². The number of aliphatic carboxylic acids is 1. The zero-order valence-corrected chi connectivity index (χ0v) is 10.7. The van der Waals surface area contributed by atoms with Gasteiger partial charge in [0.25, 0.3) is 0 Å². The van der Waals surface area contributed by atoms with Crippen molar-refractivity contribution < 1.29 is 19.8 Å². The van der Waals surface area contributed by atoms with Crippen molar-refractivity contribution in [2.24, 2.45) is 0 Å². The smallest absolute Gasteiger partial charge is 0.332 e. The molecule has 2 amide bonds. The van der Waals surface area contributed by atoms with Crippen molar-refractivity contribution in [3.05, 3.63) is 35.9 Å². The summed E-state index contributed by atoms with van der Waals surface area (Å²) in [5.41, 5.74) is 0.975. The number of carboxylic acids is 1. The molecular weight excluding hydrogens is 248 g/mol. The Balaban J connectivity index is 2.30. The molecule has 6 heteroatoms. The van der Waals surface area contributed by atoms with Crippen LogP contribution >= 0.6 is 0 Å². The van der Waals surface area contributed by atoms with Crippen molar-refractivity contribution in [1.82, 2.24) is 10.6 Å². The van der Waals surface area contributed by atoms with E-state index in [2.05, 4.69) is 10.6 Å². The zero-order valence-electron chi connectivity index (χ0n) is 10.7. The van der Waals surface area contributed by atoms with E-state index in [1.54, 1.807) is 0 Å². The molecule has 0 fully saturated rings. The van der Waals surface area contributed by atoms with Gasteiger partial charge in [-0.2, -0.15) is 0 Å². The molecule has 1 aromatic carbocycles. The Kier molecular flexibility index (Phi) is 5.81. The van der Waals surface area contributed by atoms with Gasteiger partial charge in [0.05, 0.1) is 6.04 Å². The molecule has 19 heavy (non-hydrogen) atoms. The number of amides is 2. The van der Waals surface area contributed by atoms with Crippen molar-refractivity contribution in [2.45, 2.75) is 25.5 Å². The topological polar surface area (TPSA) is 98.7 Å². The van der Waals surface area contributed by atoms with Crippen LogP contribution in [0, 0.1) is 0 Å². The Hall–Kier alpha value is -2.08. The fourth-order valence-electron chi connectivity index (χ4n) is 1.52. The first-order valence-corrected chi connectivity index (χ1v) is 6.01. The van der Waals surface area contributed by atoms with Crippen LogP contribution in [0.1, 0.15) is 24.9 Å². The van der Waals surface area contributed by atoms with Gasteiger partial charge in [-0.1, -0.05) is 30.3 Å². The molecule has 0 aliphatic rings. The van der Waals surface area contributed by atoms with E-state index < -0.39 is 18.1 Å². The Morgan fingerprint density at radius 1 is 1.26 bits per heavy atom. The van der Waals surface area contributed by atoms with E-state index in [4.69, 9.17) is 10.2 Å². The number of rotatable bonds is 6. The maximum absolute atomic E-state index is 11.5. The van der Waals surface area contributed by atoms with Crippen LogP contribution in [-0.4, -0.2) is 34.9 Å². The lowest BCUT2D eigenvalue weighted by Gasteiger charge is -2.15. The molecule has 0 aliphatic carbocycles. The molecule has 4 N–H and O–H groups in total. The number of urea groups is 1. The highest BCUT2D eigenvalue weighted by Crippen LogP contribution is 2.10. The minimum Gasteiger partial charge on any atom is -0.479 e. The Morgan fingerprint density at radius 3 is 2.47 bits per heavy atom. The molecule has 0 saturated heterocycles. The van der Waals surface area contributed by atoms with Crippen LogP contribution in [0.15, 0.2) is 30.3 Å². The molecule has 1 rings (SSSR count). The van der Waals surface area contributed by atoms with Gasteiger partial charge in [0.15, 0.2) is 6.10 Å². The molecule has 0 radical (unpaired) electrons. The molecular formula is C13H18N2O4. The molecule has 0 aromatic heterocycles. The average Bonchev–Trinajstić information content (AvgIpc) is 2.39. The van der Waals surface area contributed by atoms with E-state index >= 15 is 0 Å². The number of aliphatic hydroxyl groups excluding tert-OH is 1. The molecule has 0 aliphatic heterocycles. The molecule has 0 bridgehead atoms. The number of hydrogen-bond donors (Lipinski definition) is 4. The van der Waals surface area contributed by atoms with E-state index in [9.17, 15) is 9.59 Å². The third-order valence-corrected chi connectivity index (χ3v) is 2.64. The van der Waals surface area contributed by atoms with Crippen LogP contribution in [0.5, 0.6) is 0 Å². The van der Waals surface area contributed by atoms with Crippen molar-refractivity contribution in [1.29, 1.82) is 0 Å². The highest BCUT2D eigenvalue weighted by atomic mass is 16.4. The van der Waals surface area contributed by atoms with Crippen molar-refractivity contribution in [3.8, 4) is 0 Å². The summed E-state index contributed by atoms with van der Waals surface area (Å²) in [6.07, 6.45) is -1.48. The Morgan fingerprint density at radius 2 is 1.89 bits per heavy atom. The summed E-state index contributed by atoms with van der Waals surface area (Å²) < 4.78 is 0. The highest BCUT2D eigenvalue weighted by molar-refractivity contribution is 5.75. The van der Waals surface area contributed by atoms with Gasteiger partial charge in [-0.05, 0) is 12.5 Å². The second kappa shape index (κ2) is 7.38. The average molecular weight is 266 g/mol. The van der Waals surface area contributed by atoms with Gasteiger partial charge in [-0.15, -0.1) is 0 Å². The van der Waals surface area contributed by atoms with Crippen LogP contribution in [0.4, 0.5) is 4.79 Å². The van der Waals surface area contributed by atoms with Crippen LogP contribution < -0.4 is 10.6 Å². The predicted molar refractivity (Wildman–Crippen MR) is 69.7 cm³/mol. The molecule has 0 heterocycles. The lowest BCUT2D eigenvalue weighted by atomic mass is 10.1. The summed E-state index contributed by atoms with van der Waals surface area (Å²) in [4.78, 5) is 21.9. The molecule has 2 unspecified atom stereocenters. The normalized spacial score (nSPS) is 13.4. The first-order valence-electron chi connectivity index (χ1n) is 6.01. The first-order chi connectivity index (χ1) is 9.00. The maximum Gasteiger partial charge on any atom is 0.332 e. The number of aliphatic hydroxyl groups is 1. The number of nitrogens with one attached hydrogen (secondary N) is 2. The quantitative estimate of drug-likeness (QED) is 0.614. The highest BCUT2D eigenvalue weighted by Gasteiger charge is 2.13. The maximum atomic E-state index is 11.5. The lowest BCUT2D eigenvalue weighted by Crippen LogP contribution is -2.39. The zero-order chi connectivity index (χ0) is 14.3. The molecule has 0 saturated carbocycles. The summed E-state index contributed by atoms with van der Waals surface area (Å²) in [5, 5.41) is 22.7. The number of benzene rings is 1. The van der Waals surface area contributed by atoms with Gasteiger partial charge in [0.1, 0.15) is 0 Å². The molecule has 6 nitrogen and oxygen atoms in total. The van der Waals surface area contributed by atoms with Crippen LogP contribution in [0.25, 0.3) is 0 Å². The van der Waals surface area contributed by atoms with Crippen molar-refractivity contribution >= 4 is 12.0 Å². The fourth-order valence-corrected chi connectivity index (χ4v) is 1.52. The fraction of sp³-hybridized carbons (Fsp3) is 0.385. The van der Waals surface area contributed by atoms with Gasteiger partial charge in [0, 0.05) is 13.0 Å². The van der Waals surface area contributed by atoms with Gasteiger partial charge < -0.3 is 20.8 Å². The predicted octanol–water partition coefficient (Wildman–Crippen LogP) is 0.882. The number of carbonyl (C=O) groups is 2. The van der Waals surface area contributed by atoms with E-state index in [0.29, 0.717) is 0 Å². The summed E-state index contributed by atoms with van der Waals surface area (Å²) in [6, 6.07) is 8.92. The standard InChI is InChI=1S/C13H18N2O4/c1-9(10-5-3-2-4-6-10)15-13(19)14-8-7-11(16)12(17)18/h2-6,9,11,16H,7-8H2,1H3,(H,17,18)(H2,14,15,19). The first kappa shape index (κ1) is 15.0. The Labute approximate surface area is 111 Å². The lowest BCUT2D eigenvalue weighted by molar-refractivity contribution is -0.146. The van der Waals surface area contributed by atoms with Gasteiger partial charge in [-0.25, -0.2) is 9.59 Å². The number of hydrogen-bond acceptors (Lipinski definition) is 3. The largest absolute Gasteiger partial charge is 0.479 e. The summed E-state index contributed by atoms with van der Waals surface area (Å²) in [6.45, 7) is 1.95. The molecule has 0 spiro atoms. The van der Waals surface area contributed by atoms with Gasteiger partial charge >= 0.3 is 12.0 Å². The SMILES string of the molecule is CC(NC(=O)NCCC(O)C(=O)O)c1ccccc1. The van der Waals surface area contributed by atoms with Gasteiger partial charge in [0.2, 0.25) is 0 Å². The van der Waals surface area contributed by atoms with E-state index in [0.717, 1.165) is 5.56 Å². The minimum atomic E-state index is -1.45. The third-order valence-electron chi connectivity index (χ3n) is 2.64. The Bertz CT molecular complexity index is 422. The summed E-state index contributed by atoms with van der Waals surface area (Å²) in [7, 11) is 0. The minimum absolute atomic E-state index is 0.0253. The number of carbonyl (C=O) groups excluding carboxylic acids is 1. The van der Waals surface area contributed by atoms with E-state index in [1.165, 1.54) is 0 Å². The van der Waals surface area contributed by atoms with Crippen LogP contribution in [-0.2, 0) is 4.79 Å². The second-order valence-electron chi connectivity index (χ2n) is 4.18. The van der Waals surface area contributed by atoms with E-state index in [1.807, 2.05) is 37.3 Å². The summed E-state index contributed by atoms with van der Waals surface area (Å²) >= 11 is 0. The third kappa shape index (κ3) is 5.39. The van der Waals surface area contributed by atoms with Crippen LogP contribution in [0.2, 0.25) is 0 Å². The van der Waals surface area contributed by atoms with Crippen molar-refractivity contribution in [3.63, 3.8) is 0 Å². The van der Waals surface area contributed by atoms with Crippen LogP contribution in [0.3, 0.4) is 0 Å². The number of carboxylic acid groups (broad SMARTS) is 1. The van der Waals surface area contributed by atoms with E-state index in [-0.39, 0.29) is 19.0 Å². The monoisotopic (exact) mass is 266 g/mol. The van der Waals surface area contributed by atoms with Gasteiger partial charge in [-0.3, -0.25) is 0 Å².